The van der Waals surface area contributed by atoms with E-state index in [-0.39, 0.29) is 0 Å². The van der Waals surface area contributed by atoms with Gasteiger partial charge in [-0.3, -0.25) is 0 Å². The number of hydrogen-bond acceptors (Lipinski definition) is 2. The summed E-state index contributed by atoms with van der Waals surface area (Å²) in [4.78, 5) is 5.19. The molecule has 0 saturated carbocycles. The van der Waals surface area contributed by atoms with Gasteiger partial charge < -0.3 is 9.80 Å². The summed E-state index contributed by atoms with van der Waals surface area (Å²) in [5.74, 6) is 0. The molecular weight excluding hydrogens is 184 g/mol. The van der Waals surface area contributed by atoms with E-state index in [9.17, 15) is 0 Å². The van der Waals surface area contributed by atoms with E-state index in [1.54, 1.807) is 0 Å². The fraction of sp³-hybridized carbons (Fsp3) is 1.00. The fourth-order valence-corrected chi connectivity index (χ4v) is 2.42. The smallest absolute Gasteiger partial charge is 0.000655 e. The van der Waals surface area contributed by atoms with Gasteiger partial charge in [-0.05, 0) is 58.5 Å². The molecule has 90 valence electrons. The zero-order valence-electron chi connectivity index (χ0n) is 10.7. The van der Waals surface area contributed by atoms with E-state index >= 15 is 0 Å². The molecule has 15 heavy (non-hydrogen) atoms. The molecule has 0 radical (unpaired) electrons. The van der Waals surface area contributed by atoms with E-state index in [1.807, 2.05) is 0 Å². The fourth-order valence-electron chi connectivity index (χ4n) is 2.42. The van der Waals surface area contributed by atoms with Crippen LogP contribution in [0.3, 0.4) is 0 Å². The monoisotopic (exact) mass is 212 g/mol. The normalized spacial score (nSPS) is 19.4. The predicted octanol–water partition coefficient (Wildman–Crippen LogP) is 2.59. The molecule has 0 N–H and O–H groups in total. The lowest BCUT2D eigenvalue weighted by Gasteiger charge is -2.22. The second kappa shape index (κ2) is 8.12. The van der Waals surface area contributed by atoms with E-state index in [0.29, 0.717) is 0 Å². The first-order valence-electron chi connectivity index (χ1n) is 6.81. The highest BCUT2D eigenvalue weighted by molar-refractivity contribution is 4.64. The highest BCUT2D eigenvalue weighted by atomic mass is 15.1. The molecule has 0 bridgehead atoms. The van der Waals surface area contributed by atoms with Crippen LogP contribution in [-0.2, 0) is 0 Å². The molecule has 1 saturated heterocycles. The third kappa shape index (κ3) is 5.53. The van der Waals surface area contributed by atoms with Gasteiger partial charge in [-0.25, -0.2) is 0 Å². The summed E-state index contributed by atoms with van der Waals surface area (Å²) in [5.41, 5.74) is 0. The van der Waals surface area contributed by atoms with Crippen LogP contribution < -0.4 is 0 Å². The number of rotatable bonds is 6. The van der Waals surface area contributed by atoms with E-state index < -0.39 is 0 Å². The van der Waals surface area contributed by atoms with Gasteiger partial charge in [0.05, 0.1) is 0 Å². The summed E-state index contributed by atoms with van der Waals surface area (Å²) in [6.07, 6.45) is 7.09. The maximum absolute atomic E-state index is 2.66. The van der Waals surface area contributed by atoms with Crippen LogP contribution >= 0.6 is 0 Å². The van der Waals surface area contributed by atoms with Crippen molar-refractivity contribution in [2.24, 2.45) is 0 Å². The minimum atomic E-state index is 1.20. The topological polar surface area (TPSA) is 6.48 Å². The average Bonchev–Trinajstić information content (AvgIpc) is 2.53. The van der Waals surface area contributed by atoms with Crippen molar-refractivity contribution < 1.29 is 0 Å². The minimum Gasteiger partial charge on any atom is -0.304 e. The van der Waals surface area contributed by atoms with Crippen LogP contribution in [0, 0.1) is 0 Å². The molecule has 0 amide bonds. The number of nitrogens with zero attached hydrogens (tertiary/aromatic N) is 2. The molecule has 0 spiro atoms. The second-order valence-corrected chi connectivity index (χ2v) is 4.64. The van der Waals surface area contributed by atoms with Crippen LogP contribution in [0.15, 0.2) is 0 Å². The SMILES string of the molecule is CCN(CC)CCCN1CCCCCC1. The predicted molar refractivity (Wildman–Crippen MR) is 67.3 cm³/mol. The lowest BCUT2D eigenvalue weighted by Crippen LogP contribution is -2.30. The van der Waals surface area contributed by atoms with Gasteiger partial charge >= 0.3 is 0 Å². The third-order valence-electron chi connectivity index (χ3n) is 3.54. The molecule has 2 nitrogen and oxygen atoms in total. The Labute approximate surface area is 95.6 Å². The minimum absolute atomic E-state index is 1.20. The van der Waals surface area contributed by atoms with Crippen molar-refractivity contribution in [3.8, 4) is 0 Å². The molecule has 2 heteroatoms. The molecule has 1 fully saturated rings. The molecule has 0 aromatic heterocycles. The Morgan fingerprint density at radius 1 is 0.933 bits per heavy atom. The summed E-state index contributed by atoms with van der Waals surface area (Å²) in [7, 11) is 0. The van der Waals surface area contributed by atoms with E-state index in [2.05, 4.69) is 23.6 Å². The van der Waals surface area contributed by atoms with Crippen LogP contribution in [-0.4, -0.2) is 49.1 Å². The van der Waals surface area contributed by atoms with Crippen LogP contribution in [0.2, 0.25) is 0 Å². The lowest BCUT2D eigenvalue weighted by atomic mass is 10.2. The molecule has 1 aliphatic heterocycles. The second-order valence-electron chi connectivity index (χ2n) is 4.64. The van der Waals surface area contributed by atoms with Gasteiger partial charge in [0.1, 0.15) is 0 Å². The van der Waals surface area contributed by atoms with Crippen LogP contribution in [0.1, 0.15) is 46.0 Å². The van der Waals surface area contributed by atoms with Crippen molar-refractivity contribution in [1.82, 2.24) is 9.80 Å². The zero-order chi connectivity index (χ0) is 10.9. The third-order valence-corrected chi connectivity index (χ3v) is 3.54. The standard InChI is InChI=1S/C13H28N2/c1-3-14(4-2)12-9-13-15-10-7-5-6-8-11-15/h3-13H2,1-2H3. The van der Waals surface area contributed by atoms with E-state index in [4.69, 9.17) is 0 Å². The molecule has 1 aliphatic rings. The number of likely N-dealkylation sites (tertiary alicyclic amines) is 1. The van der Waals surface area contributed by atoms with Crippen molar-refractivity contribution in [3.63, 3.8) is 0 Å². The summed E-state index contributed by atoms with van der Waals surface area (Å²) >= 11 is 0. The maximum atomic E-state index is 2.66. The molecule has 0 aliphatic carbocycles. The van der Waals surface area contributed by atoms with Crippen LogP contribution in [0.25, 0.3) is 0 Å². The first-order chi connectivity index (χ1) is 7.36. The largest absolute Gasteiger partial charge is 0.304 e. The van der Waals surface area contributed by atoms with Crippen molar-refractivity contribution >= 4 is 0 Å². The number of hydrogen-bond donors (Lipinski definition) is 0. The lowest BCUT2D eigenvalue weighted by molar-refractivity contribution is 0.242. The first-order valence-corrected chi connectivity index (χ1v) is 6.81. The van der Waals surface area contributed by atoms with Gasteiger partial charge in [0, 0.05) is 0 Å². The highest BCUT2D eigenvalue weighted by Gasteiger charge is 2.08. The Hall–Kier alpha value is -0.0800. The first kappa shape index (κ1) is 13.0. The zero-order valence-corrected chi connectivity index (χ0v) is 10.7. The Morgan fingerprint density at radius 2 is 1.53 bits per heavy atom. The molecular formula is C13H28N2. The quantitative estimate of drug-likeness (QED) is 0.668. The van der Waals surface area contributed by atoms with Gasteiger partial charge in [0.15, 0.2) is 0 Å². The van der Waals surface area contributed by atoms with Crippen LogP contribution in [0.5, 0.6) is 0 Å². The molecule has 0 aromatic rings. The van der Waals surface area contributed by atoms with Gasteiger partial charge in [-0.15, -0.1) is 0 Å². The molecule has 0 aromatic carbocycles. The summed E-state index contributed by atoms with van der Waals surface area (Å²) < 4.78 is 0. The van der Waals surface area contributed by atoms with Crippen molar-refractivity contribution in [1.29, 1.82) is 0 Å². The van der Waals surface area contributed by atoms with E-state index in [1.165, 1.54) is 71.4 Å². The Morgan fingerprint density at radius 3 is 2.07 bits per heavy atom. The maximum Gasteiger partial charge on any atom is -0.000655 e. The molecule has 1 heterocycles. The van der Waals surface area contributed by atoms with E-state index in [0.717, 1.165) is 0 Å². The highest BCUT2D eigenvalue weighted by Crippen LogP contribution is 2.09. The van der Waals surface area contributed by atoms with Crippen molar-refractivity contribution in [3.05, 3.63) is 0 Å². The van der Waals surface area contributed by atoms with Crippen LogP contribution in [0.4, 0.5) is 0 Å². The van der Waals surface area contributed by atoms with Gasteiger partial charge in [0.2, 0.25) is 0 Å². The summed E-state index contributed by atoms with van der Waals surface area (Å²) in [6, 6.07) is 0. The Bertz CT molecular complexity index is 135. The molecule has 0 unspecified atom stereocenters. The van der Waals surface area contributed by atoms with Gasteiger partial charge in [0.25, 0.3) is 0 Å². The van der Waals surface area contributed by atoms with Crippen molar-refractivity contribution in [2.45, 2.75) is 46.0 Å². The van der Waals surface area contributed by atoms with Gasteiger partial charge in [-0.1, -0.05) is 26.7 Å². The molecule has 0 atom stereocenters. The molecule has 1 rings (SSSR count). The summed E-state index contributed by atoms with van der Waals surface area (Å²) in [6.45, 7) is 12.2. The Kier molecular flexibility index (Phi) is 7.03. The Balaban J connectivity index is 2.07. The summed E-state index contributed by atoms with van der Waals surface area (Å²) in [5, 5.41) is 0. The van der Waals surface area contributed by atoms with Gasteiger partial charge in [-0.2, -0.15) is 0 Å². The average molecular weight is 212 g/mol. The van der Waals surface area contributed by atoms with Crippen molar-refractivity contribution in [2.75, 3.05) is 39.3 Å².